The number of aromatic nitrogens is 2. The molecule has 6 nitrogen and oxygen atoms in total. The molecule has 1 unspecified atom stereocenters. The summed E-state index contributed by atoms with van der Waals surface area (Å²) >= 11 is 1.34. The second-order valence-corrected chi connectivity index (χ2v) is 6.16. The second-order valence-electron chi connectivity index (χ2n) is 5.15. The third-order valence-electron chi connectivity index (χ3n) is 2.94. The van der Waals surface area contributed by atoms with Gasteiger partial charge in [-0.25, -0.2) is 0 Å². The third kappa shape index (κ3) is 4.11. The standard InChI is InChI=1S/C15H18N4O2S/c1-9(2)14-18-19-15(22-14)17-12(20)10(3)16-13(21)11-7-5-4-6-8-11/h4-10H,1-3H3,(H,16,21)(H,17,19,20). The molecule has 0 aliphatic carbocycles. The van der Waals surface area contributed by atoms with Gasteiger partial charge in [0.1, 0.15) is 11.0 Å². The summed E-state index contributed by atoms with van der Waals surface area (Å²) in [6.45, 7) is 5.64. The van der Waals surface area contributed by atoms with Crippen LogP contribution in [0, 0.1) is 0 Å². The van der Waals surface area contributed by atoms with Crippen LogP contribution in [-0.4, -0.2) is 28.1 Å². The van der Waals surface area contributed by atoms with Gasteiger partial charge in [-0.05, 0) is 19.1 Å². The molecule has 0 saturated carbocycles. The molecular formula is C15H18N4O2S. The predicted octanol–water partition coefficient (Wildman–Crippen LogP) is 2.42. The summed E-state index contributed by atoms with van der Waals surface area (Å²) in [5, 5.41) is 14.5. The van der Waals surface area contributed by atoms with Crippen molar-refractivity contribution in [1.82, 2.24) is 15.5 Å². The molecule has 116 valence electrons. The lowest BCUT2D eigenvalue weighted by atomic mass is 10.2. The number of nitrogens with zero attached hydrogens (tertiary/aromatic N) is 2. The van der Waals surface area contributed by atoms with Gasteiger partial charge in [0.15, 0.2) is 0 Å². The Balaban J connectivity index is 1.93. The van der Waals surface area contributed by atoms with Crippen LogP contribution in [-0.2, 0) is 4.79 Å². The van der Waals surface area contributed by atoms with Crippen molar-refractivity contribution in [3.63, 3.8) is 0 Å². The maximum absolute atomic E-state index is 12.1. The van der Waals surface area contributed by atoms with Crippen LogP contribution in [0.1, 0.15) is 42.1 Å². The molecule has 7 heteroatoms. The average molecular weight is 318 g/mol. The smallest absolute Gasteiger partial charge is 0.251 e. The van der Waals surface area contributed by atoms with Gasteiger partial charge in [0.05, 0.1) is 0 Å². The average Bonchev–Trinajstić information content (AvgIpc) is 2.96. The first-order chi connectivity index (χ1) is 10.5. The first-order valence-electron chi connectivity index (χ1n) is 6.97. The van der Waals surface area contributed by atoms with E-state index in [1.54, 1.807) is 31.2 Å². The zero-order chi connectivity index (χ0) is 16.1. The van der Waals surface area contributed by atoms with Gasteiger partial charge in [0.25, 0.3) is 5.91 Å². The summed E-state index contributed by atoms with van der Waals surface area (Å²) < 4.78 is 0. The van der Waals surface area contributed by atoms with Crippen molar-refractivity contribution in [2.45, 2.75) is 32.7 Å². The zero-order valence-corrected chi connectivity index (χ0v) is 13.5. The Bertz CT molecular complexity index is 655. The lowest BCUT2D eigenvalue weighted by molar-refractivity contribution is -0.117. The molecular weight excluding hydrogens is 300 g/mol. The number of amides is 2. The van der Waals surface area contributed by atoms with E-state index in [1.165, 1.54) is 11.3 Å². The monoisotopic (exact) mass is 318 g/mol. The highest BCUT2D eigenvalue weighted by Gasteiger charge is 2.18. The van der Waals surface area contributed by atoms with Crippen LogP contribution in [0.3, 0.4) is 0 Å². The molecule has 2 rings (SSSR count). The molecule has 0 aliphatic rings. The van der Waals surface area contributed by atoms with Gasteiger partial charge in [0.2, 0.25) is 11.0 Å². The van der Waals surface area contributed by atoms with Crippen LogP contribution in [0.15, 0.2) is 30.3 Å². The van der Waals surface area contributed by atoms with E-state index >= 15 is 0 Å². The Morgan fingerprint density at radius 2 is 1.77 bits per heavy atom. The van der Waals surface area contributed by atoms with Gasteiger partial charge in [-0.3, -0.25) is 14.9 Å². The number of hydrogen-bond acceptors (Lipinski definition) is 5. The Kier molecular flexibility index (Phi) is 5.21. The molecule has 1 atom stereocenters. The number of hydrogen-bond donors (Lipinski definition) is 2. The van der Waals surface area contributed by atoms with Crippen molar-refractivity contribution >= 4 is 28.3 Å². The molecule has 1 aromatic carbocycles. The van der Waals surface area contributed by atoms with Gasteiger partial charge >= 0.3 is 0 Å². The summed E-state index contributed by atoms with van der Waals surface area (Å²) in [5.74, 6) is -0.350. The number of anilines is 1. The van der Waals surface area contributed by atoms with Crippen molar-refractivity contribution in [2.75, 3.05) is 5.32 Å². The van der Waals surface area contributed by atoms with Crippen molar-refractivity contribution in [1.29, 1.82) is 0 Å². The van der Waals surface area contributed by atoms with Gasteiger partial charge in [-0.15, -0.1) is 10.2 Å². The predicted molar refractivity (Wildman–Crippen MR) is 86.0 cm³/mol. The van der Waals surface area contributed by atoms with E-state index < -0.39 is 6.04 Å². The van der Waals surface area contributed by atoms with Crippen LogP contribution in [0.25, 0.3) is 0 Å². The minimum Gasteiger partial charge on any atom is -0.341 e. The zero-order valence-electron chi connectivity index (χ0n) is 12.7. The fourth-order valence-electron chi connectivity index (χ4n) is 1.67. The van der Waals surface area contributed by atoms with Crippen LogP contribution < -0.4 is 10.6 Å². The number of benzene rings is 1. The number of rotatable bonds is 5. The van der Waals surface area contributed by atoms with Gasteiger partial charge in [-0.2, -0.15) is 0 Å². The highest BCUT2D eigenvalue weighted by molar-refractivity contribution is 7.15. The third-order valence-corrected chi connectivity index (χ3v) is 4.08. The minimum atomic E-state index is -0.667. The van der Waals surface area contributed by atoms with Crippen LogP contribution >= 0.6 is 11.3 Å². The molecule has 2 aromatic rings. The number of nitrogens with one attached hydrogen (secondary N) is 2. The molecule has 1 heterocycles. The van der Waals surface area contributed by atoms with Crippen LogP contribution in [0.5, 0.6) is 0 Å². The lowest BCUT2D eigenvalue weighted by Gasteiger charge is -2.12. The van der Waals surface area contributed by atoms with E-state index in [0.29, 0.717) is 10.7 Å². The Hall–Kier alpha value is -2.28. The Morgan fingerprint density at radius 3 is 2.36 bits per heavy atom. The lowest BCUT2D eigenvalue weighted by Crippen LogP contribution is -2.41. The summed E-state index contributed by atoms with van der Waals surface area (Å²) in [4.78, 5) is 24.1. The van der Waals surface area contributed by atoms with Crippen LogP contribution in [0.2, 0.25) is 0 Å². The maximum atomic E-state index is 12.1. The normalized spacial score (nSPS) is 12.0. The van der Waals surface area contributed by atoms with Crippen LogP contribution in [0.4, 0.5) is 5.13 Å². The van der Waals surface area contributed by atoms with E-state index in [1.807, 2.05) is 19.9 Å². The highest BCUT2D eigenvalue weighted by Crippen LogP contribution is 2.22. The summed E-state index contributed by atoms with van der Waals surface area (Å²) in [7, 11) is 0. The molecule has 0 aliphatic heterocycles. The Labute approximate surface area is 133 Å². The number of carbonyl (C=O) groups is 2. The van der Waals surface area contributed by atoms with E-state index in [0.717, 1.165) is 5.01 Å². The topological polar surface area (TPSA) is 84.0 Å². The largest absolute Gasteiger partial charge is 0.341 e. The summed E-state index contributed by atoms with van der Waals surface area (Å²) in [6, 6.07) is 8.09. The maximum Gasteiger partial charge on any atom is 0.251 e. The molecule has 0 saturated heterocycles. The summed E-state index contributed by atoms with van der Waals surface area (Å²) in [5.41, 5.74) is 0.514. The molecule has 2 amide bonds. The highest BCUT2D eigenvalue weighted by atomic mass is 32.1. The quantitative estimate of drug-likeness (QED) is 0.887. The molecule has 0 fully saturated rings. The van der Waals surface area contributed by atoms with Crippen molar-refractivity contribution < 1.29 is 9.59 Å². The fourth-order valence-corrected chi connectivity index (χ4v) is 2.42. The summed E-state index contributed by atoms with van der Waals surface area (Å²) in [6.07, 6.45) is 0. The van der Waals surface area contributed by atoms with Crippen molar-refractivity contribution in [3.8, 4) is 0 Å². The van der Waals surface area contributed by atoms with E-state index in [2.05, 4.69) is 20.8 Å². The molecule has 1 aromatic heterocycles. The Morgan fingerprint density at radius 1 is 1.09 bits per heavy atom. The molecule has 0 bridgehead atoms. The van der Waals surface area contributed by atoms with Gasteiger partial charge in [0, 0.05) is 11.5 Å². The van der Waals surface area contributed by atoms with E-state index in [-0.39, 0.29) is 17.7 Å². The van der Waals surface area contributed by atoms with Crippen molar-refractivity contribution in [3.05, 3.63) is 40.9 Å². The first-order valence-corrected chi connectivity index (χ1v) is 7.79. The van der Waals surface area contributed by atoms with Crippen molar-refractivity contribution in [2.24, 2.45) is 0 Å². The molecule has 0 spiro atoms. The molecule has 0 radical (unpaired) electrons. The SMILES string of the molecule is CC(NC(=O)c1ccccc1)C(=O)Nc1nnc(C(C)C)s1. The van der Waals surface area contributed by atoms with Gasteiger partial charge in [-0.1, -0.05) is 43.4 Å². The number of carbonyl (C=O) groups excluding carboxylic acids is 2. The fraction of sp³-hybridized carbons (Fsp3) is 0.333. The minimum absolute atomic E-state index is 0.262. The van der Waals surface area contributed by atoms with E-state index in [9.17, 15) is 9.59 Å². The molecule has 22 heavy (non-hydrogen) atoms. The van der Waals surface area contributed by atoms with Gasteiger partial charge < -0.3 is 5.32 Å². The first kappa shape index (κ1) is 16.1. The molecule has 2 N–H and O–H groups in total. The second kappa shape index (κ2) is 7.13. The van der Waals surface area contributed by atoms with E-state index in [4.69, 9.17) is 0 Å².